The number of benzene rings is 1. The Kier molecular flexibility index (Phi) is 4.51. The van der Waals surface area contributed by atoms with E-state index in [2.05, 4.69) is 13.8 Å². The van der Waals surface area contributed by atoms with Gasteiger partial charge in [-0.3, -0.25) is 4.79 Å². The van der Waals surface area contributed by atoms with Gasteiger partial charge in [0.2, 0.25) is 0 Å². The van der Waals surface area contributed by atoms with Crippen LogP contribution in [0.25, 0.3) is 0 Å². The summed E-state index contributed by atoms with van der Waals surface area (Å²) in [6.07, 6.45) is 3.43. The van der Waals surface area contributed by atoms with Gasteiger partial charge in [-0.2, -0.15) is 0 Å². The smallest absolute Gasteiger partial charge is 0.253 e. The molecule has 1 heterocycles. The molecule has 1 fully saturated rings. The molecule has 0 spiro atoms. The lowest BCUT2D eigenvalue weighted by atomic mass is 9.82. The van der Waals surface area contributed by atoms with Crippen molar-refractivity contribution >= 4 is 17.5 Å². The number of likely N-dealkylation sites (tertiary alicyclic amines) is 1. The van der Waals surface area contributed by atoms with E-state index in [0.717, 1.165) is 43.5 Å². The van der Waals surface area contributed by atoms with Crippen LogP contribution in [0.15, 0.2) is 24.3 Å². The number of nitrogens with zero attached hydrogens (tertiary/aromatic N) is 1. The normalized spacial score (nSPS) is 17.7. The second kappa shape index (κ2) is 5.96. The van der Waals surface area contributed by atoms with Crippen LogP contribution in [0.2, 0.25) is 0 Å². The van der Waals surface area contributed by atoms with Crippen molar-refractivity contribution < 1.29 is 4.79 Å². The summed E-state index contributed by atoms with van der Waals surface area (Å²) in [6.45, 7) is 6.24. The molecular weight excluding hydrogens is 258 g/mol. The molecule has 1 aromatic carbocycles. The predicted molar refractivity (Wildman–Crippen MR) is 79.5 cm³/mol. The first kappa shape index (κ1) is 14.4. The number of halogens is 1. The van der Waals surface area contributed by atoms with Crippen molar-refractivity contribution in [1.82, 2.24) is 4.90 Å². The quantitative estimate of drug-likeness (QED) is 0.761. The molecule has 1 aliphatic heterocycles. The third-order valence-electron chi connectivity index (χ3n) is 4.58. The fourth-order valence-corrected chi connectivity index (χ4v) is 3.03. The predicted octanol–water partition coefficient (Wildman–Crippen LogP) is 4.08. The van der Waals surface area contributed by atoms with E-state index in [9.17, 15) is 4.79 Å². The van der Waals surface area contributed by atoms with Crippen LogP contribution in [0.3, 0.4) is 0 Å². The summed E-state index contributed by atoms with van der Waals surface area (Å²) in [5, 5.41) is 0. The molecule has 1 saturated heterocycles. The molecule has 0 bridgehead atoms. The minimum Gasteiger partial charge on any atom is -0.338 e. The maximum Gasteiger partial charge on any atom is 0.253 e. The highest BCUT2D eigenvalue weighted by atomic mass is 35.5. The van der Waals surface area contributed by atoms with Crippen LogP contribution in [0, 0.1) is 5.41 Å². The maximum absolute atomic E-state index is 12.5. The van der Waals surface area contributed by atoms with E-state index in [1.807, 2.05) is 29.2 Å². The molecule has 1 aromatic rings. The van der Waals surface area contributed by atoms with Gasteiger partial charge in [-0.1, -0.05) is 26.0 Å². The molecule has 0 radical (unpaired) electrons. The van der Waals surface area contributed by atoms with E-state index in [-0.39, 0.29) is 5.91 Å². The second-order valence-electron chi connectivity index (χ2n) is 5.51. The van der Waals surface area contributed by atoms with Crippen LogP contribution >= 0.6 is 11.6 Å². The highest BCUT2D eigenvalue weighted by molar-refractivity contribution is 6.17. The molecule has 0 aromatic heterocycles. The lowest BCUT2D eigenvalue weighted by molar-refractivity contribution is 0.0770. The molecule has 104 valence electrons. The lowest BCUT2D eigenvalue weighted by Crippen LogP contribution is -2.31. The van der Waals surface area contributed by atoms with E-state index >= 15 is 0 Å². The van der Waals surface area contributed by atoms with Crippen LogP contribution in [0.4, 0.5) is 0 Å². The van der Waals surface area contributed by atoms with Gasteiger partial charge in [0.25, 0.3) is 5.91 Å². The van der Waals surface area contributed by atoms with Gasteiger partial charge < -0.3 is 4.90 Å². The van der Waals surface area contributed by atoms with E-state index in [0.29, 0.717) is 11.3 Å². The molecule has 0 aliphatic carbocycles. The fraction of sp³-hybridized carbons (Fsp3) is 0.562. The fourth-order valence-electron chi connectivity index (χ4n) is 2.85. The number of hydrogen-bond donors (Lipinski definition) is 0. The van der Waals surface area contributed by atoms with Crippen LogP contribution in [-0.2, 0) is 5.88 Å². The average molecular weight is 280 g/mol. The van der Waals surface area contributed by atoms with Crippen molar-refractivity contribution in [2.45, 2.75) is 39.0 Å². The highest BCUT2D eigenvalue weighted by Crippen LogP contribution is 2.37. The summed E-state index contributed by atoms with van der Waals surface area (Å²) in [5.74, 6) is 0.650. The molecule has 1 amide bonds. The molecule has 0 saturated carbocycles. The molecule has 0 atom stereocenters. The third kappa shape index (κ3) is 2.94. The zero-order valence-corrected chi connectivity index (χ0v) is 12.5. The molecule has 0 N–H and O–H groups in total. The number of carbonyl (C=O) groups is 1. The third-order valence-corrected chi connectivity index (χ3v) is 4.89. The van der Waals surface area contributed by atoms with Gasteiger partial charge in [-0.25, -0.2) is 0 Å². The maximum atomic E-state index is 12.5. The summed E-state index contributed by atoms with van der Waals surface area (Å²) < 4.78 is 0. The first-order valence-corrected chi connectivity index (χ1v) is 7.62. The first-order chi connectivity index (χ1) is 9.14. The molecule has 2 rings (SSSR count). The molecule has 0 unspecified atom stereocenters. The second-order valence-corrected chi connectivity index (χ2v) is 5.78. The SMILES string of the molecule is CCC1(CC)CCN(C(=O)c2ccc(CCl)cc2)C1. The van der Waals surface area contributed by atoms with Gasteiger partial charge in [0.05, 0.1) is 0 Å². The van der Waals surface area contributed by atoms with Crippen molar-refractivity contribution in [3.8, 4) is 0 Å². The topological polar surface area (TPSA) is 20.3 Å². The van der Waals surface area contributed by atoms with Crippen LogP contribution in [0.1, 0.15) is 49.0 Å². The zero-order valence-electron chi connectivity index (χ0n) is 11.8. The van der Waals surface area contributed by atoms with Crippen molar-refractivity contribution in [2.75, 3.05) is 13.1 Å². The molecule has 19 heavy (non-hydrogen) atoms. The summed E-state index contributed by atoms with van der Waals surface area (Å²) in [5.41, 5.74) is 2.17. The molecular formula is C16H22ClNO. The Morgan fingerprint density at radius 1 is 1.26 bits per heavy atom. The first-order valence-electron chi connectivity index (χ1n) is 7.08. The molecule has 3 heteroatoms. The largest absolute Gasteiger partial charge is 0.338 e. The number of hydrogen-bond acceptors (Lipinski definition) is 1. The Hall–Kier alpha value is -1.02. The van der Waals surface area contributed by atoms with Gasteiger partial charge >= 0.3 is 0 Å². The minimum atomic E-state index is 0.157. The summed E-state index contributed by atoms with van der Waals surface area (Å²) >= 11 is 5.77. The summed E-state index contributed by atoms with van der Waals surface area (Å²) in [6, 6.07) is 7.64. The van der Waals surface area contributed by atoms with Crippen LogP contribution in [-0.4, -0.2) is 23.9 Å². The Balaban J connectivity index is 2.08. The number of alkyl halides is 1. The van der Waals surface area contributed by atoms with Crippen molar-refractivity contribution in [3.63, 3.8) is 0 Å². The Morgan fingerprint density at radius 2 is 1.89 bits per heavy atom. The highest BCUT2D eigenvalue weighted by Gasteiger charge is 2.37. The average Bonchev–Trinajstić information content (AvgIpc) is 2.92. The standard InChI is InChI=1S/C16H22ClNO/c1-3-16(4-2)9-10-18(12-16)15(19)14-7-5-13(11-17)6-8-14/h5-8H,3-4,9-12H2,1-2H3. The van der Waals surface area contributed by atoms with E-state index < -0.39 is 0 Å². The van der Waals surface area contributed by atoms with Crippen molar-refractivity contribution in [3.05, 3.63) is 35.4 Å². The van der Waals surface area contributed by atoms with E-state index in [1.165, 1.54) is 0 Å². The Labute approximate surface area is 120 Å². The van der Waals surface area contributed by atoms with Crippen molar-refractivity contribution in [1.29, 1.82) is 0 Å². The molecule has 2 nitrogen and oxygen atoms in total. The monoisotopic (exact) mass is 279 g/mol. The minimum absolute atomic E-state index is 0.157. The zero-order chi connectivity index (χ0) is 13.9. The van der Waals surface area contributed by atoms with Crippen LogP contribution in [0.5, 0.6) is 0 Å². The van der Waals surface area contributed by atoms with E-state index in [1.54, 1.807) is 0 Å². The van der Waals surface area contributed by atoms with Gasteiger partial charge in [0, 0.05) is 24.5 Å². The van der Waals surface area contributed by atoms with Crippen molar-refractivity contribution in [2.24, 2.45) is 5.41 Å². The Bertz CT molecular complexity index is 437. The number of carbonyl (C=O) groups excluding carboxylic acids is 1. The lowest BCUT2D eigenvalue weighted by Gasteiger charge is -2.26. The number of rotatable bonds is 4. The van der Waals surface area contributed by atoms with Gasteiger partial charge in [-0.15, -0.1) is 11.6 Å². The van der Waals surface area contributed by atoms with Crippen LogP contribution < -0.4 is 0 Å². The summed E-state index contributed by atoms with van der Waals surface area (Å²) in [7, 11) is 0. The molecule has 1 aliphatic rings. The van der Waals surface area contributed by atoms with Gasteiger partial charge in [-0.05, 0) is 42.4 Å². The Morgan fingerprint density at radius 3 is 2.37 bits per heavy atom. The van der Waals surface area contributed by atoms with E-state index in [4.69, 9.17) is 11.6 Å². The summed E-state index contributed by atoms with van der Waals surface area (Å²) in [4.78, 5) is 14.5. The van der Waals surface area contributed by atoms with Gasteiger partial charge in [0.1, 0.15) is 0 Å². The van der Waals surface area contributed by atoms with Gasteiger partial charge in [0.15, 0.2) is 0 Å². The number of amides is 1.